The van der Waals surface area contributed by atoms with E-state index in [-0.39, 0.29) is 0 Å². The van der Waals surface area contributed by atoms with Crippen molar-refractivity contribution in [2.24, 2.45) is 0 Å². The molecule has 0 aliphatic heterocycles. The highest BCUT2D eigenvalue weighted by Gasteiger charge is 2.02. The van der Waals surface area contributed by atoms with Gasteiger partial charge >= 0.3 is 0 Å². The number of carbonyl (C=O) groups is 1. The number of carbonyl (C=O) groups excluding carboxylic acids is 1. The number of hydrogen-bond donors (Lipinski definition) is 0. The number of ketones is 1. The Hall–Kier alpha value is -0.630. The van der Waals surface area contributed by atoms with Crippen molar-refractivity contribution < 1.29 is 4.79 Å². The fourth-order valence-electron chi connectivity index (χ4n) is 1.79. The van der Waals surface area contributed by atoms with E-state index >= 15 is 0 Å². The predicted octanol–water partition coefficient (Wildman–Crippen LogP) is 4.61. The summed E-state index contributed by atoms with van der Waals surface area (Å²) in [6, 6.07) is 4.23. The molecule has 1 heterocycles. The van der Waals surface area contributed by atoms with Gasteiger partial charge in [-0.1, -0.05) is 32.3 Å². The Morgan fingerprint density at radius 2 is 2.00 bits per heavy atom. The third-order valence-electron chi connectivity index (χ3n) is 2.77. The average Bonchev–Trinajstić information content (AvgIpc) is 2.77. The van der Waals surface area contributed by atoms with E-state index < -0.39 is 0 Å². The maximum atomic E-state index is 11.5. The molecular formula is C14H22OS. The first-order chi connectivity index (χ1) is 7.83. The summed E-state index contributed by atoms with van der Waals surface area (Å²) in [5.74, 6) is 0.452. The van der Waals surface area contributed by atoms with Crippen LogP contribution in [0.1, 0.15) is 56.7 Å². The summed E-state index contributed by atoms with van der Waals surface area (Å²) >= 11 is 1.79. The smallest absolute Gasteiger partial charge is 0.132 e. The van der Waals surface area contributed by atoms with E-state index in [9.17, 15) is 4.79 Å². The first-order valence-corrected chi connectivity index (χ1v) is 7.25. The summed E-state index contributed by atoms with van der Waals surface area (Å²) in [6.07, 6.45) is 8.47. The van der Waals surface area contributed by atoms with E-state index in [1.165, 1.54) is 24.1 Å². The van der Waals surface area contributed by atoms with Gasteiger partial charge in [-0.25, -0.2) is 0 Å². The van der Waals surface area contributed by atoms with Crippen molar-refractivity contribution in [1.82, 2.24) is 0 Å². The molecule has 0 radical (unpaired) electrons. The summed E-state index contributed by atoms with van der Waals surface area (Å²) < 4.78 is 0. The molecule has 0 spiro atoms. The second-order valence-electron chi connectivity index (χ2n) is 4.28. The Morgan fingerprint density at radius 3 is 2.69 bits per heavy atom. The van der Waals surface area contributed by atoms with Crippen molar-refractivity contribution >= 4 is 17.1 Å². The zero-order valence-corrected chi connectivity index (χ0v) is 11.0. The Labute approximate surface area is 103 Å². The molecule has 0 aliphatic carbocycles. The third-order valence-corrected chi connectivity index (χ3v) is 3.70. The highest BCUT2D eigenvalue weighted by molar-refractivity contribution is 7.09. The Bertz CT molecular complexity index is 277. The molecule has 0 amide bonds. The van der Waals surface area contributed by atoms with Gasteiger partial charge < -0.3 is 0 Å². The highest BCUT2D eigenvalue weighted by atomic mass is 32.1. The summed E-state index contributed by atoms with van der Waals surface area (Å²) in [7, 11) is 0. The van der Waals surface area contributed by atoms with Crippen molar-refractivity contribution in [2.45, 2.75) is 58.3 Å². The molecule has 0 aromatic carbocycles. The summed E-state index contributed by atoms with van der Waals surface area (Å²) in [6.45, 7) is 2.20. The number of unbranched alkanes of at least 4 members (excludes halogenated alkanes) is 3. The van der Waals surface area contributed by atoms with E-state index in [0.29, 0.717) is 5.78 Å². The quantitative estimate of drug-likeness (QED) is 0.574. The molecule has 0 fully saturated rings. The highest BCUT2D eigenvalue weighted by Crippen LogP contribution is 2.13. The van der Waals surface area contributed by atoms with Crippen LogP contribution in [0.3, 0.4) is 0 Å². The molecule has 90 valence electrons. The second-order valence-corrected chi connectivity index (χ2v) is 5.31. The van der Waals surface area contributed by atoms with E-state index in [4.69, 9.17) is 0 Å². The first-order valence-electron chi connectivity index (χ1n) is 6.37. The van der Waals surface area contributed by atoms with E-state index in [1.54, 1.807) is 11.3 Å². The van der Waals surface area contributed by atoms with E-state index in [2.05, 4.69) is 24.4 Å². The molecule has 0 aliphatic rings. The fourth-order valence-corrected chi connectivity index (χ4v) is 2.54. The van der Waals surface area contributed by atoms with Crippen LogP contribution in [0.2, 0.25) is 0 Å². The SMILES string of the molecule is CCCCCCC(=O)CCCc1cccs1. The standard InChI is InChI=1S/C14H22OS/c1-2-3-4-5-8-13(15)9-6-10-14-11-7-12-16-14/h7,11-12H,2-6,8-10H2,1H3. The monoisotopic (exact) mass is 238 g/mol. The van der Waals surface area contributed by atoms with Crippen LogP contribution in [0, 0.1) is 0 Å². The van der Waals surface area contributed by atoms with Crippen molar-refractivity contribution in [3.8, 4) is 0 Å². The lowest BCUT2D eigenvalue weighted by Gasteiger charge is -2.00. The summed E-state index contributed by atoms with van der Waals surface area (Å²) in [5, 5.41) is 2.10. The van der Waals surface area contributed by atoms with E-state index in [0.717, 1.165) is 32.1 Å². The van der Waals surface area contributed by atoms with Gasteiger partial charge in [-0.2, -0.15) is 0 Å². The van der Waals surface area contributed by atoms with Gasteiger partial charge in [0.2, 0.25) is 0 Å². The van der Waals surface area contributed by atoms with Gasteiger partial charge in [0.25, 0.3) is 0 Å². The molecule has 1 rings (SSSR count). The van der Waals surface area contributed by atoms with Gasteiger partial charge in [0.15, 0.2) is 0 Å². The number of Topliss-reactive ketones (excluding diaryl/α,β-unsaturated/α-hetero) is 1. The third kappa shape index (κ3) is 6.06. The lowest BCUT2D eigenvalue weighted by atomic mass is 10.1. The number of aryl methyl sites for hydroxylation is 1. The van der Waals surface area contributed by atoms with Gasteiger partial charge in [0, 0.05) is 17.7 Å². The molecule has 0 unspecified atom stereocenters. The zero-order chi connectivity index (χ0) is 11.6. The molecule has 0 atom stereocenters. The van der Waals surface area contributed by atoms with Crippen LogP contribution in [-0.2, 0) is 11.2 Å². The fraction of sp³-hybridized carbons (Fsp3) is 0.643. The molecule has 0 bridgehead atoms. The lowest BCUT2D eigenvalue weighted by molar-refractivity contribution is -0.119. The first kappa shape index (κ1) is 13.4. The van der Waals surface area contributed by atoms with Crippen LogP contribution in [0.5, 0.6) is 0 Å². The van der Waals surface area contributed by atoms with Crippen LogP contribution in [0.15, 0.2) is 17.5 Å². The van der Waals surface area contributed by atoms with Crippen molar-refractivity contribution in [2.75, 3.05) is 0 Å². The number of thiophene rings is 1. The van der Waals surface area contributed by atoms with E-state index in [1.807, 2.05) is 0 Å². The van der Waals surface area contributed by atoms with Crippen LogP contribution >= 0.6 is 11.3 Å². The minimum Gasteiger partial charge on any atom is -0.300 e. The molecular weight excluding hydrogens is 216 g/mol. The predicted molar refractivity (Wildman–Crippen MR) is 71.0 cm³/mol. The minimum atomic E-state index is 0.452. The number of rotatable bonds is 9. The van der Waals surface area contributed by atoms with Crippen LogP contribution in [0.25, 0.3) is 0 Å². The van der Waals surface area contributed by atoms with Crippen molar-refractivity contribution in [3.05, 3.63) is 22.4 Å². The molecule has 0 N–H and O–H groups in total. The second kappa shape index (κ2) is 8.51. The molecule has 0 saturated heterocycles. The molecule has 2 heteroatoms. The normalized spacial score (nSPS) is 10.6. The van der Waals surface area contributed by atoms with Crippen LogP contribution < -0.4 is 0 Å². The molecule has 1 aromatic rings. The van der Waals surface area contributed by atoms with Gasteiger partial charge in [-0.15, -0.1) is 11.3 Å². The largest absolute Gasteiger partial charge is 0.300 e. The summed E-state index contributed by atoms with van der Waals surface area (Å²) in [5.41, 5.74) is 0. The van der Waals surface area contributed by atoms with Crippen molar-refractivity contribution in [1.29, 1.82) is 0 Å². The summed E-state index contributed by atoms with van der Waals surface area (Å²) in [4.78, 5) is 12.9. The van der Waals surface area contributed by atoms with Crippen LogP contribution in [0.4, 0.5) is 0 Å². The molecule has 1 aromatic heterocycles. The van der Waals surface area contributed by atoms with Gasteiger partial charge in [0.1, 0.15) is 5.78 Å². The van der Waals surface area contributed by atoms with Gasteiger partial charge in [-0.3, -0.25) is 4.79 Å². The Balaban J connectivity index is 1.98. The average molecular weight is 238 g/mol. The topological polar surface area (TPSA) is 17.1 Å². The maximum absolute atomic E-state index is 11.5. The zero-order valence-electron chi connectivity index (χ0n) is 10.2. The molecule has 1 nitrogen and oxygen atoms in total. The lowest BCUT2D eigenvalue weighted by Crippen LogP contribution is -1.98. The molecule has 16 heavy (non-hydrogen) atoms. The minimum absolute atomic E-state index is 0.452. The van der Waals surface area contributed by atoms with Crippen molar-refractivity contribution in [3.63, 3.8) is 0 Å². The molecule has 0 saturated carbocycles. The van der Waals surface area contributed by atoms with Crippen LogP contribution in [-0.4, -0.2) is 5.78 Å². The number of hydrogen-bond acceptors (Lipinski definition) is 2. The Morgan fingerprint density at radius 1 is 1.19 bits per heavy atom. The van der Waals surface area contributed by atoms with Gasteiger partial charge in [0.05, 0.1) is 0 Å². The maximum Gasteiger partial charge on any atom is 0.132 e. The Kier molecular flexibility index (Phi) is 7.15. The van der Waals surface area contributed by atoms with Gasteiger partial charge in [-0.05, 0) is 30.7 Å².